The Morgan fingerprint density at radius 2 is 1.73 bits per heavy atom. The van der Waals surface area contributed by atoms with Gasteiger partial charge in [0, 0.05) is 23.3 Å². The molecular weight excluding hydrogens is 436 g/mol. The Morgan fingerprint density at radius 3 is 2.52 bits per heavy atom. The van der Waals surface area contributed by atoms with E-state index in [1.807, 2.05) is 67.6 Å². The first kappa shape index (κ1) is 22.5. The van der Waals surface area contributed by atoms with Gasteiger partial charge in [0.15, 0.2) is 18.1 Å². The molecule has 0 unspecified atom stereocenters. The minimum Gasteiger partial charge on any atom is -0.493 e. The van der Waals surface area contributed by atoms with Crippen LogP contribution in [0.15, 0.2) is 78.9 Å². The zero-order valence-electron chi connectivity index (χ0n) is 18.5. The van der Waals surface area contributed by atoms with Crippen molar-refractivity contribution in [3.63, 3.8) is 0 Å². The summed E-state index contributed by atoms with van der Waals surface area (Å²) in [5, 5.41) is 8.97. The number of fused-ring (bicyclic) bond motifs is 1. The molecule has 4 aromatic carbocycles. The number of anilines is 2. The van der Waals surface area contributed by atoms with Crippen LogP contribution in [0.25, 0.3) is 10.8 Å². The highest BCUT2D eigenvalue weighted by Crippen LogP contribution is 2.37. The lowest BCUT2D eigenvalue weighted by Crippen LogP contribution is -2.20. The molecule has 1 amide bonds. The molecule has 0 saturated carbocycles. The molecule has 4 rings (SSSR count). The van der Waals surface area contributed by atoms with Gasteiger partial charge in [-0.05, 0) is 48.2 Å². The molecule has 0 aliphatic carbocycles. The molecule has 0 radical (unpaired) electrons. The molecule has 0 aliphatic heterocycles. The monoisotopic (exact) mass is 460 g/mol. The van der Waals surface area contributed by atoms with E-state index in [0.29, 0.717) is 28.8 Å². The van der Waals surface area contributed by atoms with E-state index in [0.717, 1.165) is 22.2 Å². The van der Waals surface area contributed by atoms with Crippen molar-refractivity contribution in [1.82, 2.24) is 0 Å². The third-order valence-electron chi connectivity index (χ3n) is 5.24. The van der Waals surface area contributed by atoms with Crippen molar-refractivity contribution < 1.29 is 14.3 Å². The molecule has 168 valence electrons. The second-order valence-corrected chi connectivity index (χ2v) is 8.10. The van der Waals surface area contributed by atoms with E-state index in [4.69, 9.17) is 21.1 Å². The highest BCUT2D eigenvalue weighted by atomic mass is 35.5. The molecule has 2 N–H and O–H groups in total. The number of nitrogens with one attached hydrogen (secondary N) is 2. The van der Waals surface area contributed by atoms with Gasteiger partial charge in [-0.1, -0.05) is 65.7 Å². The van der Waals surface area contributed by atoms with E-state index >= 15 is 0 Å². The van der Waals surface area contributed by atoms with E-state index in [2.05, 4.69) is 28.8 Å². The van der Waals surface area contributed by atoms with E-state index in [1.54, 1.807) is 7.11 Å². The van der Waals surface area contributed by atoms with E-state index in [9.17, 15) is 4.79 Å². The van der Waals surface area contributed by atoms with Crippen molar-refractivity contribution in [3.8, 4) is 11.5 Å². The van der Waals surface area contributed by atoms with Gasteiger partial charge in [0.05, 0.1) is 12.1 Å². The number of amides is 1. The number of carbonyl (C=O) groups excluding carboxylic acids is 1. The minimum atomic E-state index is -0.279. The van der Waals surface area contributed by atoms with Gasteiger partial charge < -0.3 is 20.1 Å². The van der Waals surface area contributed by atoms with Gasteiger partial charge in [0.1, 0.15) is 0 Å². The van der Waals surface area contributed by atoms with Crippen molar-refractivity contribution in [1.29, 1.82) is 0 Å². The molecule has 5 nitrogen and oxygen atoms in total. The van der Waals surface area contributed by atoms with Crippen LogP contribution in [-0.4, -0.2) is 19.6 Å². The van der Waals surface area contributed by atoms with Crippen LogP contribution in [0.5, 0.6) is 11.5 Å². The van der Waals surface area contributed by atoms with Crippen LogP contribution in [0, 0.1) is 6.92 Å². The van der Waals surface area contributed by atoms with Crippen molar-refractivity contribution in [3.05, 3.63) is 95.0 Å². The molecule has 0 spiro atoms. The zero-order valence-corrected chi connectivity index (χ0v) is 19.3. The molecule has 0 saturated heterocycles. The summed E-state index contributed by atoms with van der Waals surface area (Å²) in [6.45, 7) is 2.36. The van der Waals surface area contributed by atoms with Crippen molar-refractivity contribution in [2.75, 3.05) is 24.4 Å². The highest BCUT2D eigenvalue weighted by molar-refractivity contribution is 6.32. The van der Waals surface area contributed by atoms with Gasteiger partial charge in [-0.15, -0.1) is 0 Å². The molecule has 0 fully saturated rings. The molecule has 4 aromatic rings. The summed E-state index contributed by atoms with van der Waals surface area (Å²) in [5.41, 5.74) is 3.80. The van der Waals surface area contributed by atoms with Gasteiger partial charge in [0.2, 0.25) is 0 Å². The number of benzene rings is 4. The van der Waals surface area contributed by atoms with E-state index in [-0.39, 0.29) is 12.5 Å². The fraction of sp³-hybridized carbons (Fsp3) is 0.148. The van der Waals surface area contributed by atoms with Crippen LogP contribution in [0.3, 0.4) is 0 Å². The van der Waals surface area contributed by atoms with Gasteiger partial charge in [0.25, 0.3) is 5.91 Å². The predicted octanol–water partition coefficient (Wildman–Crippen LogP) is 6.44. The SMILES string of the molecule is COc1cc(CNc2cccc3ccccc23)cc(Cl)c1OCC(=O)Nc1ccc(C)cc1. The van der Waals surface area contributed by atoms with E-state index in [1.165, 1.54) is 5.39 Å². The third-order valence-corrected chi connectivity index (χ3v) is 5.53. The third kappa shape index (κ3) is 5.57. The number of aryl methyl sites for hydroxylation is 1. The first-order valence-electron chi connectivity index (χ1n) is 10.6. The Hall–Kier alpha value is -3.70. The fourth-order valence-corrected chi connectivity index (χ4v) is 3.85. The van der Waals surface area contributed by atoms with Gasteiger partial charge in [-0.3, -0.25) is 4.79 Å². The summed E-state index contributed by atoms with van der Waals surface area (Å²) in [5.74, 6) is 0.533. The van der Waals surface area contributed by atoms with E-state index < -0.39 is 0 Å². The van der Waals surface area contributed by atoms with Crippen molar-refractivity contribution in [2.45, 2.75) is 13.5 Å². The fourth-order valence-electron chi connectivity index (χ4n) is 3.56. The van der Waals surface area contributed by atoms with Crippen molar-refractivity contribution in [2.24, 2.45) is 0 Å². The summed E-state index contributed by atoms with van der Waals surface area (Å²) in [4.78, 5) is 12.3. The second kappa shape index (κ2) is 10.3. The number of hydrogen-bond donors (Lipinski definition) is 2. The summed E-state index contributed by atoms with van der Waals surface area (Å²) in [7, 11) is 1.55. The summed E-state index contributed by atoms with van der Waals surface area (Å²) in [6, 6.07) is 25.6. The van der Waals surface area contributed by atoms with Crippen LogP contribution >= 0.6 is 11.6 Å². The molecule has 0 aliphatic rings. The number of carbonyl (C=O) groups is 1. The lowest BCUT2D eigenvalue weighted by atomic mass is 10.1. The van der Waals surface area contributed by atoms with Crippen LogP contribution in [-0.2, 0) is 11.3 Å². The largest absolute Gasteiger partial charge is 0.493 e. The molecule has 0 heterocycles. The number of ether oxygens (including phenoxy) is 2. The standard InChI is InChI=1S/C27H25ClN2O3/c1-18-10-12-21(13-11-18)30-26(31)17-33-27-23(28)14-19(15-25(27)32-2)16-29-24-9-5-7-20-6-3-4-8-22(20)24/h3-15,29H,16-17H2,1-2H3,(H,30,31). The maximum absolute atomic E-state index is 12.3. The average Bonchev–Trinajstić information content (AvgIpc) is 2.83. The Bertz CT molecular complexity index is 1270. The second-order valence-electron chi connectivity index (χ2n) is 7.69. The summed E-state index contributed by atoms with van der Waals surface area (Å²) in [6.07, 6.45) is 0. The van der Waals surface area contributed by atoms with Gasteiger partial charge >= 0.3 is 0 Å². The molecular formula is C27H25ClN2O3. The summed E-state index contributed by atoms with van der Waals surface area (Å²) >= 11 is 6.49. The maximum atomic E-state index is 12.3. The Kier molecular flexibility index (Phi) is 7.01. The minimum absolute atomic E-state index is 0.183. The molecule has 33 heavy (non-hydrogen) atoms. The lowest BCUT2D eigenvalue weighted by Gasteiger charge is -2.15. The predicted molar refractivity (Wildman–Crippen MR) is 135 cm³/mol. The number of halogens is 1. The first-order chi connectivity index (χ1) is 16.0. The molecule has 0 bridgehead atoms. The number of hydrogen-bond acceptors (Lipinski definition) is 4. The van der Waals surface area contributed by atoms with Crippen molar-refractivity contribution >= 4 is 39.7 Å². The maximum Gasteiger partial charge on any atom is 0.262 e. The first-order valence-corrected chi connectivity index (χ1v) is 11.0. The molecule has 6 heteroatoms. The Labute approximate surface area is 198 Å². The molecule has 0 aromatic heterocycles. The van der Waals surface area contributed by atoms with Crippen LogP contribution in [0.1, 0.15) is 11.1 Å². The quantitative estimate of drug-likeness (QED) is 0.317. The van der Waals surface area contributed by atoms with Crippen LogP contribution in [0.2, 0.25) is 5.02 Å². The Balaban J connectivity index is 1.43. The van der Waals surface area contributed by atoms with Crippen LogP contribution in [0.4, 0.5) is 11.4 Å². The average molecular weight is 461 g/mol. The van der Waals surface area contributed by atoms with Crippen LogP contribution < -0.4 is 20.1 Å². The molecule has 0 atom stereocenters. The number of rotatable bonds is 8. The summed E-state index contributed by atoms with van der Waals surface area (Å²) < 4.78 is 11.2. The van der Waals surface area contributed by atoms with Gasteiger partial charge in [-0.2, -0.15) is 0 Å². The highest BCUT2D eigenvalue weighted by Gasteiger charge is 2.14. The topological polar surface area (TPSA) is 59.6 Å². The van der Waals surface area contributed by atoms with Gasteiger partial charge in [-0.25, -0.2) is 0 Å². The normalized spacial score (nSPS) is 10.6. The zero-order chi connectivity index (χ0) is 23.2. The smallest absolute Gasteiger partial charge is 0.262 e. The lowest BCUT2D eigenvalue weighted by molar-refractivity contribution is -0.118. The Morgan fingerprint density at radius 1 is 0.970 bits per heavy atom. The number of methoxy groups -OCH3 is 1.